The van der Waals surface area contributed by atoms with Gasteiger partial charge in [0.2, 0.25) is 0 Å². The number of hydrogen-bond acceptors (Lipinski definition) is 4. The summed E-state index contributed by atoms with van der Waals surface area (Å²) in [5.74, 6) is 0.518. The van der Waals surface area contributed by atoms with Crippen LogP contribution in [0.4, 0.5) is 0 Å². The average Bonchev–Trinajstić information content (AvgIpc) is 2.11. The lowest BCUT2D eigenvalue weighted by molar-refractivity contribution is 0.466. The second-order valence-electron chi connectivity index (χ2n) is 2.51. The molecule has 0 radical (unpaired) electrons. The quantitative estimate of drug-likeness (QED) is 0.503. The zero-order valence-electron chi connectivity index (χ0n) is 7.83. The Kier molecular flexibility index (Phi) is 4.83. The minimum absolute atomic E-state index is 0.0758. The van der Waals surface area contributed by atoms with E-state index in [4.69, 9.17) is 10.5 Å². The van der Waals surface area contributed by atoms with Gasteiger partial charge in [0.1, 0.15) is 18.0 Å². The molecule has 0 aromatic rings. The summed E-state index contributed by atoms with van der Waals surface area (Å²) in [5.41, 5.74) is 0.0758. The summed E-state index contributed by atoms with van der Waals surface area (Å²) in [7, 11) is 3.53. The molecule has 4 nitrogen and oxygen atoms in total. The van der Waals surface area contributed by atoms with Gasteiger partial charge < -0.3 is 10.2 Å². The normalized spacial score (nSPS) is 7.69. The van der Waals surface area contributed by atoms with Gasteiger partial charge in [-0.25, -0.2) is 0 Å². The first-order valence-electron chi connectivity index (χ1n) is 3.74. The third kappa shape index (κ3) is 3.31. The van der Waals surface area contributed by atoms with Crippen molar-refractivity contribution < 1.29 is 0 Å². The minimum atomic E-state index is 0.0758. The summed E-state index contributed by atoms with van der Waals surface area (Å²) >= 11 is 0. The number of nitrogens with one attached hydrogen (secondary N) is 1. The van der Waals surface area contributed by atoms with Crippen molar-refractivity contribution in [3.05, 3.63) is 24.0 Å². The lowest BCUT2D eigenvalue weighted by Crippen LogP contribution is -2.27. The van der Waals surface area contributed by atoms with Crippen LogP contribution >= 0.6 is 0 Å². The number of nitrogens with zero attached hydrogens (tertiary/aromatic N) is 3. The van der Waals surface area contributed by atoms with Crippen LogP contribution < -0.4 is 5.32 Å². The van der Waals surface area contributed by atoms with Crippen LogP contribution in [0.25, 0.3) is 0 Å². The van der Waals surface area contributed by atoms with E-state index in [9.17, 15) is 0 Å². The largest absolute Gasteiger partial charge is 0.367 e. The monoisotopic (exact) mass is 176 g/mol. The van der Waals surface area contributed by atoms with Crippen molar-refractivity contribution in [3.63, 3.8) is 0 Å². The van der Waals surface area contributed by atoms with Crippen molar-refractivity contribution in [3.8, 4) is 12.1 Å². The molecule has 0 atom stereocenters. The van der Waals surface area contributed by atoms with Gasteiger partial charge in [-0.2, -0.15) is 10.5 Å². The van der Waals surface area contributed by atoms with E-state index in [1.54, 1.807) is 25.1 Å². The summed E-state index contributed by atoms with van der Waals surface area (Å²) in [6, 6.07) is 3.64. The molecule has 0 rings (SSSR count). The van der Waals surface area contributed by atoms with Crippen LogP contribution in [0.1, 0.15) is 0 Å². The molecule has 0 aliphatic rings. The van der Waals surface area contributed by atoms with E-state index >= 15 is 0 Å². The SMILES string of the molecule is C=CCNC(=C(C#N)C#N)N(C)C. The molecule has 0 aliphatic heterocycles. The summed E-state index contributed by atoms with van der Waals surface area (Å²) in [4.78, 5) is 1.69. The number of rotatable bonds is 4. The Labute approximate surface area is 78.4 Å². The topological polar surface area (TPSA) is 62.9 Å². The van der Waals surface area contributed by atoms with Gasteiger partial charge in [-0.1, -0.05) is 6.08 Å². The van der Waals surface area contributed by atoms with Crippen LogP contribution in [-0.2, 0) is 0 Å². The molecule has 68 valence electrons. The van der Waals surface area contributed by atoms with E-state index in [-0.39, 0.29) is 5.57 Å². The highest BCUT2D eigenvalue weighted by Gasteiger charge is 2.06. The Morgan fingerprint density at radius 3 is 2.31 bits per heavy atom. The standard InChI is InChI=1S/C9H12N4/c1-4-5-12-9(13(2)3)8(6-10)7-11/h4,12H,1,5H2,2-3H3. The maximum absolute atomic E-state index is 8.62. The van der Waals surface area contributed by atoms with Crippen molar-refractivity contribution in [2.24, 2.45) is 0 Å². The average molecular weight is 176 g/mol. The summed E-state index contributed by atoms with van der Waals surface area (Å²) in [5, 5.41) is 20.2. The second-order valence-corrected chi connectivity index (χ2v) is 2.51. The van der Waals surface area contributed by atoms with Crippen molar-refractivity contribution in [2.75, 3.05) is 20.6 Å². The minimum Gasteiger partial charge on any atom is -0.367 e. The molecule has 0 aliphatic carbocycles. The van der Waals surface area contributed by atoms with Crippen molar-refractivity contribution in [1.82, 2.24) is 10.2 Å². The Bertz CT molecular complexity index is 272. The molecule has 0 saturated heterocycles. The molecule has 0 saturated carbocycles. The molecule has 13 heavy (non-hydrogen) atoms. The third-order valence-corrected chi connectivity index (χ3v) is 1.32. The molecule has 0 spiro atoms. The summed E-state index contributed by atoms with van der Waals surface area (Å²) in [6.07, 6.45) is 1.66. The number of hydrogen-bond donors (Lipinski definition) is 1. The van der Waals surface area contributed by atoms with Gasteiger partial charge in [0.15, 0.2) is 5.57 Å². The predicted molar refractivity (Wildman–Crippen MR) is 50.1 cm³/mol. The Hall–Kier alpha value is -1.94. The van der Waals surface area contributed by atoms with Crippen molar-refractivity contribution in [2.45, 2.75) is 0 Å². The fraction of sp³-hybridized carbons (Fsp3) is 0.333. The molecule has 1 N–H and O–H groups in total. The Morgan fingerprint density at radius 1 is 1.46 bits per heavy atom. The van der Waals surface area contributed by atoms with Crippen LogP contribution in [0.15, 0.2) is 24.0 Å². The van der Waals surface area contributed by atoms with Crippen LogP contribution in [-0.4, -0.2) is 25.5 Å². The van der Waals surface area contributed by atoms with E-state index in [1.165, 1.54) is 0 Å². The van der Waals surface area contributed by atoms with Crippen molar-refractivity contribution in [1.29, 1.82) is 10.5 Å². The Balaban J connectivity index is 4.80. The highest BCUT2D eigenvalue weighted by Crippen LogP contribution is 2.01. The lowest BCUT2D eigenvalue weighted by atomic mass is 10.3. The zero-order chi connectivity index (χ0) is 10.3. The summed E-state index contributed by atoms with van der Waals surface area (Å²) in [6.45, 7) is 4.06. The van der Waals surface area contributed by atoms with Gasteiger partial charge in [-0.15, -0.1) is 6.58 Å². The zero-order valence-corrected chi connectivity index (χ0v) is 7.83. The fourth-order valence-electron chi connectivity index (χ4n) is 0.770. The molecular weight excluding hydrogens is 164 g/mol. The van der Waals surface area contributed by atoms with E-state index < -0.39 is 0 Å². The molecule has 0 aromatic carbocycles. The van der Waals surface area contributed by atoms with Gasteiger partial charge >= 0.3 is 0 Å². The number of allylic oxidation sites excluding steroid dienone is 1. The molecule has 0 amide bonds. The van der Waals surface area contributed by atoms with Gasteiger partial charge in [-0.3, -0.25) is 0 Å². The van der Waals surface area contributed by atoms with E-state index in [0.717, 1.165) is 0 Å². The van der Waals surface area contributed by atoms with Crippen LogP contribution in [0.3, 0.4) is 0 Å². The van der Waals surface area contributed by atoms with Crippen molar-refractivity contribution >= 4 is 0 Å². The van der Waals surface area contributed by atoms with E-state index in [1.807, 2.05) is 12.1 Å². The molecule has 0 aromatic heterocycles. The highest BCUT2D eigenvalue weighted by atomic mass is 15.2. The van der Waals surface area contributed by atoms with Crippen LogP contribution in [0.5, 0.6) is 0 Å². The molecule has 0 fully saturated rings. The summed E-state index contributed by atoms with van der Waals surface area (Å²) < 4.78 is 0. The first-order chi connectivity index (χ1) is 6.17. The maximum atomic E-state index is 8.62. The fourth-order valence-corrected chi connectivity index (χ4v) is 0.770. The highest BCUT2D eigenvalue weighted by molar-refractivity contribution is 5.38. The Morgan fingerprint density at radius 2 is 2.00 bits per heavy atom. The van der Waals surface area contributed by atoms with Crippen LogP contribution in [0.2, 0.25) is 0 Å². The predicted octanol–water partition coefficient (Wildman–Crippen LogP) is 0.582. The van der Waals surface area contributed by atoms with Gasteiger partial charge in [0.25, 0.3) is 0 Å². The molecule has 0 unspecified atom stereocenters. The van der Waals surface area contributed by atoms with Gasteiger partial charge in [0, 0.05) is 20.6 Å². The molecule has 0 bridgehead atoms. The first-order valence-corrected chi connectivity index (χ1v) is 3.74. The number of nitriles is 2. The van der Waals surface area contributed by atoms with E-state index in [0.29, 0.717) is 12.4 Å². The smallest absolute Gasteiger partial charge is 0.169 e. The van der Waals surface area contributed by atoms with Gasteiger partial charge in [0.05, 0.1) is 0 Å². The van der Waals surface area contributed by atoms with Gasteiger partial charge in [-0.05, 0) is 0 Å². The third-order valence-electron chi connectivity index (χ3n) is 1.32. The molecule has 0 heterocycles. The first kappa shape index (κ1) is 11.1. The lowest BCUT2D eigenvalue weighted by Gasteiger charge is -2.17. The molecular formula is C9H12N4. The molecule has 4 heteroatoms. The van der Waals surface area contributed by atoms with Crippen LogP contribution in [0, 0.1) is 22.7 Å². The maximum Gasteiger partial charge on any atom is 0.169 e. The second kappa shape index (κ2) is 5.68. The van der Waals surface area contributed by atoms with E-state index in [2.05, 4.69) is 11.9 Å².